The van der Waals surface area contributed by atoms with E-state index in [9.17, 15) is 4.79 Å². The predicted molar refractivity (Wildman–Crippen MR) is 101 cm³/mol. The minimum atomic E-state index is 0.0843. The third-order valence-corrected chi connectivity index (χ3v) is 4.49. The number of nitrogens with one attached hydrogen (secondary N) is 1. The molecule has 2 aromatic rings. The maximum atomic E-state index is 12.2. The first kappa shape index (κ1) is 17.0. The molecule has 0 aliphatic rings. The molecule has 0 aliphatic heterocycles. The van der Waals surface area contributed by atoms with Gasteiger partial charge in [0.2, 0.25) is 5.91 Å². The van der Waals surface area contributed by atoms with E-state index in [1.54, 1.807) is 0 Å². The Labute approximate surface area is 146 Å². The second-order valence-electron chi connectivity index (χ2n) is 6.04. The summed E-state index contributed by atoms with van der Waals surface area (Å²) in [5.74, 6) is 0.406. The van der Waals surface area contributed by atoms with Gasteiger partial charge in [-0.2, -0.15) is 0 Å². The predicted octanol–water partition coefficient (Wildman–Crippen LogP) is 5.12. The normalized spacial score (nSPS) is 12.0. The van der Waals surface area contributed by atoms with Gasteiger partial charge in [0.1, 0.15) is 0 Å². The lowest BCUT2D eigenvalue weighted by atomic mass is 9.95. The standard InChI is InChI=1S/C19H22INO/c1-13-8-14(2)10-16(9-13)11-15(3)12-19(22)21-18-7-5-4-6-17(18)20/h4-10,15H,11-12H2,1-3H3,(H,21,22). The lowest BCUT2D eigenvalue weighted by Gasteiger charge is -2.13. The first-order valence-electron chi connectivity index (χ1n) is 7.55. The molecule has 2 aromatic carbocycles. The van der Waals surface area contributed by atoms with Gasteiger partial charge in [-0.05, 0) is 66.5 Å². The summed E-state index contributed by atoms with van der Waals surface area (Å²) < 4.78 is 1.07. The van der Waals surface area contributed by atoms with Gasteiger partial charge in [-0.1, -0.05) is 48.4 Å². The van der Waals surface area contributed by atoms with Crippen molar-refractivity contribution in [3.8, 4) is 0 Å². The minimum Gasteiger partial charge on any atom is -0.325 e. The number of carbonyl (C=O) groups excluding carboxylic acids is 1. The molecule has 1 unspecified atom stereocenters. The van der Waals surface area contributed by atoms with Gasteiger partial charge in [-0.25, -0.2) is 0 Å². The summed E-state index contributed by atoms with van der Waals surface area (Å²) in [6.45, 7) is 6.36. The van der Waals surface area contributed by atoms with E-state index < -0.39 is 0 Å². The lowest BCUT2D eigenvalue weighted by Crippen LogP contribution is -2.17. The molecule has 3 heteroatoms. The monoisotopic (exact) mass is 407 g/mol. The smallest absolute Gasteiger partial charge is 0.224 e. The maximum Gasteiger partial charge on any atom is 0.224 e. The van der Waals surface area contributed by atoms with E-state index in [1.807, 2.05) is 24.3 Å². The molecule has 116 valence electrons. The van der Waals surface area contributed by atoms with Gasteiger partial charge < -0.3 is 5.32 Å². The number of rotatable bonds is 5. The minimum absolute atomic E-state index is 0.0843. The summed E-state index contributed by atoms with van der Waals surface area (Å²) in [6.07, 6.45) is 1.47. The van der Waals surface area contributed by atoms with Crippen LogP contribution in [0.1, 0.15) is 30.0 Å². The number of para-hydroxylation sites is 1. The number of anilines is 1. The van der Waals surface area contributed by atoms with Crippen LogP contribution in [-0.2, 0) is 11.2 Å². The third-order valence-electron chi connectivity index (χ3n) is 3.55. The molecule has 0 saturated carbocycles. The van der Waals surface area contributed by atoms with Crippen molar-refractivity contribution in [2.75, 3.05) is 5.32 Å². The van der Waals surface area contributed by atoms with E-state index >= 15 is 0 Å². The molecule has 0 fully saturated rings. The van der Waals surface area contributed by atoms with E-state index in [4.69, 9.17) is 0 Å². The summed E-state index contributed by atoms with van der Waals surface area (Å²) in [7, 11) is 0. The van der Waals surface area contributed by atoms with Gasteiger partial charge in [0.15, 0.2) is 0 Å². The second-order valence-corrected chi connectivity index (χ2v) is 7.20. The molecule has 1 atom stereocenters. The van der Waals surface area contributed by atoms with Gasteiger partial charge in [-0.3, -0.25) is 4.79 Å². The number of hydrogen-bond acceptors (Lipinski definition) is 1. The van der Waals surface area contributed by atoms with Crippen LogP contribution in [0.25, 0.3) is 0 Å². The van der Waals surface area contributed by atoms with Crippen molar-refractivity contribution in [1.82, 2.24) is 0 Å². The van der Waals surface area contributed by atoms with Crippen molar-refractivity contribution in [3.63, 3.8) is 0 Å². The Hall–Kier alpha value is -1.36. The fraction of sp³-hybridized carbons (Fsp3) is 0.316. The fourth-order valence-electron chi connectivity index (χ4n) is 2.74. The molecule has 0 heterocycles. The molecule has 1 amide bonds. The number of aryl methyl sites for hydroxylation is 2. The Morgan fingerprint density at radius 3 is 2.41 bits per heavy atom. The molecule has 0 aromatic heterocycles. The van der Waals surface area contributed by atoms with Gasteiger partial charge in [-0.15, -0.1) is 0 Å². The summed E-state index contributed by atoms with van der Waals surface area (Å²) in [5.41, 5.74) is 4.77. The molecule has 0 radical (unpaired) electrons. The molecular weight excluding hydrogens is 385 g/mol. The summed E-state index contributed by atoms with van der Waals surface area (Å²) in [4.78, 5) is 12.2. The highest BCUT2D eigenvalue weighted by atomic mass is 127. The number of carbonyl (C=O) groups is 1. The van der Waals surface area contributed by atoms with Crippen LogP contribution in [0.15, 0.2) is 42.5 Å². The van der Waals surface area contributed by atoms with Crippen LogP contribution < -0.4 is 5.32 Å². The summed E-state index contributed by atoms with van der Waals surface area (Å²) >= 11 is 2.24. The second kappa shape index (κ2) is 7.77. The van der Waals surface area contributed by atoms with Crippen molar-refractivity contribution >= 4 is 34.2 Å². The lowest BCUT2D eigenvalue weighted by molar-refractivity contribution is -0.116. The Morgan fingerprint density at radius 1 is 1.14 bits per heavy atom. The Balaban J connectivity index is 1.92. The number of hydrogen-bond donors (Lipinski definition) is 1. The Bertz CT molecular complexity index is 646. The van der Waals surface area contributed by atoms with Gasteiger partial charge >= 0.3 is 0 Å². The van der Waals surface area contributed by atoms with E-state index in [0.717, 1.165) is 15.7 Å². The SMILES string of the molecule is Cc1cc(C)cc(CC(C)CC(=O)Nc2ccccc2I)c1. The van der Waals surface area contributed by atoms with E-state index in [-0.39, 0.29) is 5.91 Å². The number of halogens is 1. The average Bonchev–Trinajstić information content (AvgIpc) is 2.39. The van der Waals surface area contributed by atoms with Gasteiger partial charge in [0.25, 0.3) is 0 Å². The zero-order chi connectivity index (χ0) is 16.1. The molecule has 2 rings (SSSR count). The zero-order valence-electron chi connectivity index (χ0n) is 13.3. The van der Waals surface area contributed by atoms with Gasteiger partial charge in [0, 0.05) is 9.99 Å². The van der Waals surface area contributed by atoms with Crippen LogP contribution >= 0.6 is 22.6 Å². The highest BCUT2D eigenvalue weighted by molar-refractivity contribution is 14.1. The topological polar surface area (TPSA) is 29.1 Å². The molecule has 0 bridgehead atoms. The molecule has 0 aliphatic carbocycles. The summed E-state index contributed by atoms with van der Waals surface area (Å²) in [5, 5.41) is 3.00. The fourth-order valence-corrected chi connectivity index (χ4v) is 3.26. The van der Waals surface area contributed by atoms with Crippen molar-refractivity contribution in [2.45, 2.75) is 33.6 Å². The maximum absolute atomic E-state index is 12.2. The van der Waals surface area contributed by atoms with Crippen LogP contribution in [0.5, 0.6) is 0 Å². The first-order valence-corrected chi connectivity index (χ1v) is 8.63. The van der Waals surface area contributed by atoms with Crippen LogP contribution in [0.3, 0.4) is 0 Å². The largest absolute Gasteiger partial charge is 0.325 e. The van der Waals surface area contributed by atoms with E-state index in [0.29, 0.717) is 12.3 Å². The highest BCUT2D eigenvalue weighted by Crippen LogP contribution is 2.19. The molecule has 22 heavy (non-hydrogen) atoms. The number of amides is 1. The van der Waals surface area contributed by atoms with Crippen LogP contribution in [-0.4, -0.2) is 5.91 Å². The molecule has 0 spiro atoms. The molecule has 0 saturated heterocycles. The van der Waals surface area contributed by atoms with Crippen LogP contribution in [0, 0.1) is 23.3 Å². The van der Waals surface area contributed by atoms with Crippen molar-refractivity contribution in [3.05, 3.63) is 62.7 Å². The molecule has 2 nitrogen and oxygen atoms in total. The highest BCUT2D eigenvalue weighted by Gasteiger charge is 2.11. The average molecular weight is 407 g/mol. The molecule has 1 N–H and O–H groups in total. The van der Waals surface area contributed by atoms with Crippen molar-refractivity contribution in [1.29, 1.82) is 0 Å². The van der Waals surface area contributed by atoms with Crippen LogP contribution in [0.2, 0.25) is 0 Å². The van der Waals surface area contributed by atoms with Crippen molar-refractivity contribution < 1.29 is 4.79 Å². The first-order chi connectivity index (χ1) is 10.4. The van der Waals surface area contributed by atoms with Crippen LogP contribution in [0.4, 0.5) is 5.69 Å². The molecular formula is C19H22INO. The quantitative estimate of drug-likeness (QED) is 0.686. The van der Waals surface area contributed by atoms with Crippen molar-refractivity contribution in [2.24, 2.45) is 5.92 Å². The van der Waals surface area contributed by atoms with Gasteiger partial charge in [0.05, 0.1) is 5.69 Å². The zero-order valence-corrected chi connectivity index (χ0v) is 15.5. The third kappa shape index (κ3) is 5.13. The Morgan fingerprint density at radius 2 is 1.77 bits per heavy atom. The summed E-state index contributed by atoms with van der Waals surface area (Å²) in [6, 6.07) is 14.4. The number of benzene rings is 2. The van der Waals surface area contributed by atoms with E-state index in [1.165, 1.54) is 16.7 Å². The van der Waals surface area contributed by atoms with E-state index in [2.05, 4.69) is 66.9 Å². The Kier molecular flexibility index (Phi) is 6.00.